The number of hydrogen-bond donors (Lipinski definition) is 0. The van der Waals surface area contributed by atoms with Crippen molar-refractivity contribution in [1.29, 1.82) is 0 Å². The Labute approximate surface area is 107 Å². The van der Waals surface area contributed by atoms with Crippen molar-refractivity contribution in [2.75, 3.05) is 6.61 Å². The molecule has 0 saturated carbocycles. The van der Waals surface area contributed by atoms with Gasteiger partial charge in [-0.3, -0.25) is 0 Å². The second kappa shape index (κ2) is 5.59. The Bertz CT molecular complexity index is 470. The summed E-state index contributed by atoms with van der Waals surface area (Å²) in [4.78, 5) is 11.2. The summed E-state index contributed by atoms with van der Waals surface area (Å²) in [6, 6.07) is 9.51. The van der Waals surface area contributed by atoms with Crippen LogP contribution < -0.4 is 0 Å². The van der Waals surface area contributed by atoms with Crippen molar-refractivity contribution >= 4 is 6.16 Å². The monoisotopic (exact) mass is 244 g/mol. The Morgan fingerprint density at radius 1 is 1.33 bits per heavy atom. The van der Waals surface area contributed by atoms with Crippen LogP contribution in [0.5, 0.6) is 0 Å². The Hall–Kier alpha value is -1.95. The maximum Gasteiger partial charge on any atom is 0.510 e. The molecule has 1 fully saturated rings. The lowest BCUT2D eigenvalue weighted by Gasteiger charge is -2.18. The van der Waals surface area contributed by atoms with Crippen molar-refractivity contribution in [2.45, 2.75) is 31.8 Å². The van der Waals surface area contributed by atoms with Gasteiger partial charge in [-0.1, -0.05) is 49.6 Å². The van der Waals surface area contributed by atoms with Crippen molar-refractivity contribution in [2.24, 2.45) is 0 Å². The van der Waals surface area contributed by atoms with Crippen molar-refractivity contribution in [1.82, 2.24) is 0 Å². The molecule has 0 radical (unpaired) electrons. The van der Waals surface area contributed by atoms with E-state index in [1.54, 1.807) is 0 Å². The van der Waals surface area contributed by atoms with E-state index < -0.39 is 11.8 Å². The SMILES string of the molecule is CCCCC#CC1(c2ccccc2)COC(=O)O1. The summed E-state index contributed by atoms with van der Waals surface area (Å²) in [7, 11) is 0. The highest BCUT2D eigenvalue weighted by atomic mass is 16.8. The van der Waals surface area contributed by atoms with E-state index in [0.717, 1.165) is 24.8 Å². The molecule has 0 bridgehead atoms. The van der Waals surface area contributed by atoms with Crippen LogP contribution in [0, 0.1) is 11.8 Å². The van der Waals surface area contributed by atoms with Crippen LogP contribution in [-0.2, 0) is 15.1 Å². The summed E-state index contributed by atoms with van der Waals surface area (Å²) >= 11 is 0. The van der Waals surface area contributed by atoms with Crippen LogP contribution in [0.15, 0.2) is 30.3 Å². The summed E-state index contributed by atoms with van der Waals surface area (Å²) in [5.74, 6) is 6.14. The fraction of sp³-hybridized carbons (Fsp3) is 0.400. The van der Waals surface area contributed by atoms with E-state index in [2.05, 4.69) is 18.8 Å². The number of carbonyl (C=O) groups excluding carboxylic acids is 1. The van der Waals surface area contributed by atoms with Crippen LogP contribution in [0.25, 0.3) is 0 Å². The van der Waals surface area contributed by atoms with Gasteiger partial charge in [0.25, 0.3) is 0 Å². The first kappa shape index (κ1) is 12.5. The third-order valence-electron chi connectivity index (χ3n) is 2.84. The predicted octanol–water partition coefficient (Wildman–Crippen LogP) is 3.24. The summed E-state index contributed by atoms with van der Waals surface area (Å²) in [5, 5.41) is 0. The lowest BCUT2D eigenvalue weighted by atomic mass is 9.95. The Morgan fingerprint density at radius 3 is 2.72 bits per heavy atom. The first-order valence-electron chi connectivity index (χ1n) is 6.18. The normalized spacial score (nSPS) is 21.7. The number of cyclic esters (lactones) is 2. The van der Waals surface area contributed by atoms with Gasteiger partial charge in [-0.15, -0.1) is 0 Å². The molecule has 94 valence electrons. The van der Waals surface area contributed by atoms with Gasteiger partial charge in [-0.2, -0.15) is 0 Å². The van der Waals surface area contributed by atoms with Gasteiger partial charge in [0.05, 0.1) is 0 Å². The van der Waals surface area contributed by atoms with E-state index in [9.17, 15) is 4.79 Å². The van der Waals surface area contributed by atoms with E-state index >= 15 is 0 Å². The van der Waals surface area contributed by atoms with Crippen LogP contribution in [0.4, 0.5) is 4.79 Å². The fourth-order valence-electron chi connectivity index (χ4n) is 1.82. The van der Waals surface area contributed by atoms with Gasteiger partial charge in [0, 0.05) is 12.0 Å². The molecule has 0 aromatic heterocycles. The lowest BCUT2D eigenvalue weighted by molar-refractivity contribution is 0.0938. The molecular formula is C15H16O3. The van der Waals surface area contributed by atoms with Gasteiger partial charge in [-0.25, -0.2) is 4.79 Å². The van der Waals surface area contributed by atoms with Gasteiger partial charge in [0.1, 0.15) is 0 Å². The molecule has 1 aliphatic heterocycles. The maximum atomic E-state index is 11.2. The summed E-state index contributed by atoms with van der Waals surface area (Å²) in [6.45, 7) is 2.28. The van der Waals surface area contributed by atoms with Gasteiger partial charge >= 0.3 is 6.16 Å². The molecule has 0 amide bonds. The number of unbranched alkanes of at least 4 members (excludes halogenated alkanes) is 2. The predicted molar refractivity (Wildman–Crippen MR) is 67.9 cm³/mol. The lowest BCUT2D eigenvalue weighted by Crippen LogP contribution is -2.26. The molecule has 0 N–H and O–H groups in total. The van der Waals surface area contributed by atoms with Crippen LogP contribution in [-0.4, -0.2) is 12.8 Å². The fourth-order valence-corrected chi connectivity index (χ4v) is 1.82. The molecule has 1 heterocycles. The molecule has 1 aromatic carbocycles. The summed E-state index contributed by atoms with van der Waals surface area (Å²) < 4.78 is 10.2. The summed E-state index contributed by atoms with van der Waals surface area (Å²) in [5.41, 5.74) is -0.0635. The summed E-state index contributed by atoms with van der Waals surface area (Å²) in [6.07, 6.45) is 2.31. The van der Waals surface area contributed by atoms with Gasteiger partial charge < -0.3 is 9.47 Å². The molecule has 1 atom stereocenters. The first-order chi connectivity index (χ1) is 8.77. The molecule has 2 rings (SSSR count). The van der Waals surface area contributed by atoms with Crippen molar-refractivity contribution < 1.29 is 14.3 Å². The molecule has 18 heavy (non-hydrogen) atoms. The van der Waals surface area contributed by atoms with Crippen molar-refractivity contribution in [3.63, 3.8) is 0 Å². The Balaban J connectivity index is 2.24. The van der Waals surface area contributed by atoms with Gasteiger partial charge in [0.15, 0.2) is 6.61 Å². The number of hydrogen-bond acceptors (Lipinski definition) is 3. The number of ether oxygens (including phenoxy) is 2. The third-order valence-corrected chi connectivity index (χ3v) is 2.84. The van der Waals surface area contributed by atoms with E-state index in [1.165, 1.54) is 0 Å². The molecule has 1 unspecified atom stereocenters. The number of carbonyl (C=O) groups is 1. The average Bonchev–Trinajstić information content (AvgIpc) is 2.79. The minimum atomic E-state index is -0.925. The first-order valence-corrected chi connectivity index (χ1v) is 6.18. The highest BCUT2D eigenvalue weighted by Crippen LogP contribution is 2.31. The maximum absolute atomic E-state index is 11.2. The van der Waals surface area contributed by atoms with Crippen LogP contribution in [0.3, 0.4) is 0 Å². The minimum Gasteiger partial charge on any atom is -0.428 e. The zero-order valence-corrected chi connectivity index (χ0v) is 10.4. The van der Waals surface area contributed by atoms with Crippen LogP contribution in [0.2, 0.25) is 0 Å². The quantitative estimate of drug-likeness (QED) is 0.465. The van der Waals surface area contributed by atoms with Crippen molar-refractivity contribution in [3.8, 4) is 11.8 Å². The second-order valence-corrected chi connectivity index (χ2v) is 4.24. The van der Waals surface area contributed by atoms with E-state index in [4.69, 9.17) is 9.47 Å². The minimum absolute atomic E-state index is 0.162. The van der Waals surface area contributed by atoms with E-state index in [0.29, 0.717) is 0 Å². The standard InChI is InChI=1S/C15H16O3/c1-2-3-4-8-11-15(12-17-14(16)18-15)13-9-6-5-7-10-13/h5-7,9-10H,2-4,12H2,1H3. The third kappa shape index (κ3) is 2.65. The average molecular weight is 244 g/mol. The number of rotatable bonds is 3. The van der Waals surface area contributed by atoms with E-state index in [-0.39, 0.29) is 6.61 Å². The molecule has 3 heteroatoms. The zero-order chi connectivity index (χ0) is 12.8. The Morgan fingerprint density at radius 2 is 2.11 bits per heavy atom. The van der Waals surface area contributed by atoms with E-state index in [1.807, 2.05) is 30.3 Å². The molecular weight excluding hydrogens is 228 g/mol. The van der Waals surface area contributed by atoms with Gasteiger partial charge in [0.2, 0.25) is 5.60 Å². The van der Waals surface area contributed by atoms with Crippen LogP contribution >= 0.6 is 0 Å². The molecule has 0 spiro atoms. The zero-order valence-electron chi connectivity index (χ0n) is 10.4. The largest absolute Gasteiger partial charge is 0.510 e. The Kier molecular flexibility index (Phi) is 3.88. The molecule has 1 saturated heterocycles. The molecule has 1 aromatic rings. The van der Waals surface area contributed by atoms with Crippen LogP contribution in [0.1, 0.15) is 31.7 Å². The molecule has 1 aliphatic rings. The number of benzene rings is 1. The second-order valence-electron chi connectivity index (χ2n) is 4.24. The van der Waals surface area contributed by atoms with Crippen molar-refractivity contribution in [3.05, 3.63) is 35.9 Å². The smallest absolute Gasteiger partial charge is 0.428 e. The highest BCUT2D eigenvalue weighted by Gasteiger charge is 2.42. The topological polar surface area (TPSA) is 35.5 Å². The molecule has 0 aliphatic carbocycles. The molecule has 3 nitrogen and oxygen atoms in total. The van der Waals surface area contributed by atoms with Gasteiger partial charge in [-0.05, 0) is 12.3 Å². The highest BCUT2D eigenvalue weighted by molar-refractivity contribution is 5.64.